The molecule has 1 fully saturated rings. The van der Waals surface area contributed by atoms with E-state index < -0.39 is 0 Å². The summed E-state index contributed by atoms with van der Waals surface area (Å²) in [5.41, 5.74) is 2.06. The molecule has 0 aliphatic carbocycles. The van der Waals surface area contributed by atoms with Crippen LogP contribution in [-0.2, 0) is 0 Å². The fourth-order valence-corrected chi connectivity index (χ4v) is 3.62. The first-order chi connectivity index (χ1) is 12.1. The van der Waals surface area contributed by atoms with E-state index in [1.807, 2.05) is 36.4 Å². The van der Waals surface area contributed by atoms with Gasteiger partial charge < -0.3 is 19.7 Å². The molecule has 0 radical (unpaired) electrons. The summed E-state index contributed by atoms with van der Waals surface area (Å²) in [6.07, 6.45) is 2.12. The van der Waals surface area contributed by atoms with E-state index in [4.69, 9.17) is 33.3 Å². The maximum atomic E-state index is 5.94. The highest BCUT2D eigenvalue weighted by molar-refractivity contribution is 7.80. The molecule has 1 atom stereocenters. The van der Waals surface area contributed by atoms with Crippen molar-refractivity contribution in [1.29, 1.82) is 0 Å². The lowest BCUT2D eigenvalue weighted by molar-refractivity contribution is 0.362. The maximum Gasteiger partial charge on any atom is 0.173 e. The third-order valence-corrected chi connectivity index (χ3v) is 5.00. The molecule has 1 aliphatic heterocycles. The number of rotatable bonds is 4. The lowest BCUT2D eigenvalue weighted by Gasteiger charge is -2.29. The van der Waals surface area contributed by atoms with Gasteiger partial charge in [-0.1, -0.05) is 11.6 Å². The molecule has 1 saturated heterocycles. The molecular weight excluding hydrogens is 356 g/mol. The highest BCUT2D eigenvalue weighted by atomic mass is 35.5. The fourth-order valence-electron chi connectivity index (χ4n) is 3.16. The smallest absolute Gasteiger partial charge is 0.173 e. The standard InChI is InChI=1S/C19H21ClN2O2S/c1-23-15-9-10-16(18(12-15)24-2)17-4-3-11-22(17)19(25)21-14-7-5-13(20)6-8-14/h5-10,12,17H,3-4,11H2,1-2H3,(H,21,25)/t17-/m0/s1. The molecule has 1 heterocycles. The number of halogens is 1. The van der Waals surface area contributed by atoms with Crippen molar-refractivity contribution in [3.8, 4) is 11.5 Å². The molecule has 25 heavy (non-hydrogen) atoms. The van der Waals surface area contributed by atoms with Crippen molar-refractivity contribution in [2.75, 3.05) is 26.1 Å². The van der Waals surface area contributed by atoms with Gasteiger partial charge in [-0.2, -0.15) is 0 Å². The number of nitrogens with zero attached hydrogens (tertiary/aromatic N) is 1. The molecule has 1 N–H and O–H groups in total. The number of likely N-dealkylation sites (tertiary alicyclic amines) is 1. The minimum atomic E-state index is 0.188. The van der Waals surface area contributed by atoms with Crippen LogP contribution in [0.4, 0.5) is 5.69 Å². The second-order valence-corrected chi connectivity index (χ2v) is 6.72. The summed E-state index contributed by atoms with van der Waals surface area (Å²) >= 11 is 11.6. The number of hydrogen-bond donors (Lipinski definition) is 1. The molecule has 2 aromatic rings. The van der Waals surface area contributed by atoms with Crippen molar-refractivity contribution in [1.82, 2.24) is 4.90 Å². The van der Waals surface area contributed by atoms with Crippen molar-refractivity contribution in [2.45, 2.75) is 18.9 Å². The molecule has 2 aromatic carbocycles. The quantitative estimate of drug-likeness (QED) is 0.768. The largest absolute Gasteiger partial charge is 0.497 e. The second-order valence-electron chi connectivity index (χ2n) is 5.90. The Labute approximate surface area is 158 Å². The molecular formula is C19H21ClN2O2S. The minimum Gasteiger partial charge on any atom is -0.497 e. The van der Waals surface area contributed by atoms with Crippen LogP contribution in [0, 0.1) is 0 Å². The van der Waals surface area contributed by atoms with E-state index in [1.165, 1.54) is 0 Å². The molecule has 0 amide bonds. The lowest BCUT2D eigenvalue weighted by atomic mass is 10.0. The molecule has 0 aromatic heterocycles. The molecule has 0 unspecified atom stereocenters. The van der Waals surface area contributed by atoms with Crippen molar-refractivity contribution >= 4 is 34.6 Å². The van der Waals surface area contributed by atoms with Crippen LogP contribution in [0.25, 0.3) is 0 Å². The van der Waals surface area contributed by atoms with E-state index >= 15 is 0 Å². The molecule has 4 nitrogen and oxygen atoms in total. The minimum absolute atomic E-state index is 0.188. The zero-order chi connectivity index (χ0) is 17.8. The van der Waals surface area contributed by atoms with Crippen LogP contribution >= 0.6 is 23.8 Å². The SMILES string of the molecule is COc1ccc([C@@H]2CCCN2C(=S)Nc2ccc(Cl)cc2)c(OC)c1. The summed E-state index contributed by atoms with van der Waals surface area (Å²) in [5, 5.41) is 4.72. The zero-order valence-electron chi connectivity index (χ0n) is 14.3. The Morgan fingerprint density at radius 2 is 1.92 bits per heavy atom. The number of benzene rings is 2. The molecule has 132 valence electrons. The summed E-state index contributed by atoms with van der Waals surface area (Å²) in [7, 11) is 3.34. The van der Waals surface area contributed by atoms with Crippen molar-refractivity contribution in [2.24, 2.45) is 0 Å². The van der Waals surface area contributed by atoms with Gasteiger partial charge in [0.1, 0.15) is 11.5 Å². The van der Waals surface area contributed by atoms with Gasteiger partial charge in [0, 0.05) is 28.9 Å². The molecule has 0 bridgehead atoms. The van der Waals surface area contributed by atoms with Gasteiger partial charge in [0.15, 0.2) is 5.11 Å². The molecule has 3 rings (SSSR count). The highest BCUT2D eigenvalue weighted by Crippen LogP contribution is 2.39. The van der Waals surface area contributed by atoms with E-state index in [9.17, 15) is 0 Å². The van der Waals surface area contributed by atoms with Gasteiger partial charge in [-0.05, 0) is 61.5 Å². The Morgan fingerprint density at radius 1 is 1.16 bits per heavy atom. The normalized spacial score (nSPS) is 16.6. The first kappa shape index (κ1) is 17.8. The summed E-state index contributed by atoms with van der Waals surface area (Å²) < 4.78 is 10.9. The van der Waals surface area contributed by atoms with E-state index in [1.54, 1.807) is 14.2 Å². The van der Waals surface area contributed by atoms with E-state index in [0.717, 1.165) is 42.1 Å². The first-order valence-corrected chi connectivity index (χ1v) is 8.96. The third-order valence-electron chi connectivity index (χ3n) is 4.41. The van der Waals surface area contributed by atoms with E-state index in [0.29, 0.717) is 10.1 Å². The van der Waals surface area contributed by atoms with Crippen molar-refractivity contribution in [3.05, 3.63) is 53.1 Å². The topological polar surface area (TPSA) is 33.7 Å². The molecule has 0 saturated carbocycles. The van der Waals surface area contributed by atoms with Gasteiger partial charge in [-0.25, -0.2) is 0 Å². The van der Waals surface area contributed by atoms with Gasteiger partial charge >= 0.3 is 0 Å². The summed E-state index contributed by atoms with van der Waals surface area (Å²) in [5.74, 6) is 1.61. The van der Waals surface area contributed by atoms with Crippen LogP contribution in [0.5, 0.6) is 11.5 Å². The third kappa shape index (κ3) is 3.99. The van der Waals surface area contributed by atoms with Gasteiger partial charge in [0.25, 0.3) is 0 Å². The highest BCUT2D eigenvalue weighted by Gasteiger charge is 2.30. The Hall–Kier alpha value is -1.98. The summed E-state index contributed by atoms with van der Waals surface area (Å²) in [6.45, 7) is 0.916. The zero-order valence-corrected chi connectivity index (χ0v) is 15.9. The number of nitrogens with one attached hydrogen (secondary N) is 1. The van der Waals surface area contributed by atoms with Crippen LogP contribution in [0.2, 0.25) is 5.02 Å². The van der Waals surface area contributed by atoms with Gasteiger partial charge in [0.2, 0.25) is 0 Å². The van der Waals surface area contributed by atoms with Crippen LogP contribution in [0.15, 0.2) is 42.5 Å². The number of thiocarbonyl (C=S) groups is 1. The monoisotopic (exact) mass is 376 g/mol. The van der Waals surface area contributed by atoms with Gasteiger partial charge in [-0.15, -0.1) is 0 Å². The number of ether oxygens (including phenoxy) is 2. The predicted octanol–water partition coefficient (Wildman–Crippen LogP) is 4.89. The van der Waals surface area contributed by atoms with Crippen molar-refractivity contribution in [3.63, 3.8) is 0 Å². The number of methoxy groups -OCH3 is 2. The van der Waals surface area contributed by atoms with Gasteiger partial charge in [-0.3, -0.25) is 0 Å². The van der Waals surface area contributed by atoms with E-state index in [2.05, 4.69) is 16.3 Å². The van der Waals surface area contributed by atoms with E-state index in [-0.39, 0.29) is 6.04 Å². The maximum absolute atomic E-state index is 5.94. The van der Waals surface area contributed by atoms with Gasteiger partial charge in [0.05, 0.1) is 20.3 Å². The van der Waals surface area contributed by atoms with Crippen LogP contribution in [-0.4, -0.2) is 30.8 Å². The van der Waals surface area contributed by atoms with Crippen LogP contribution in [0.3, 0.4) is 0 Å². The lowest BCUT2D eigenvalue weighted by Crippen LogP contribution is -2.34. The Bertz CT molecular complexity index is 752. The first-order valence-electron chi connectivity index (χ1n) is 8.17. The average Bonchev–Trinajstić information content (AvgIpc) is 3.12. The Balaban J connectivity index is 1.80. The fraction of sp³-hybridized carbons (Fsp3) is 0.316. The van der Waals surface area contributed by atoms with Crippen LogP contribution < -0.4 is 14.8 Å². The average molecular weight is 377 g/mol. The predicted molar refractivity (Wildman–Crippen MR) is 106 cm³/mol. The Kier molecular flexibility index (Phi) is 5.66. The van der Waals surface area contributed by atoms with Crippen LogP contribution in [0.1, 0.15) is 24.4 Å². The summed E-state index contributed by atoms with van der Waals surface area (Å²) in [4.78, 5) is 2.22. The number of anilines is 1. The number of hydrogen-bond acceptors (Lipinski definition) is 3. The summed E-state index contributed by atoms with van der Waals surface area (Å²) in [6, 6.07) is 13.7. The van der Waals surface area contributed by atoms with Crippen molar-refractivity contribution < 1.29 is 9.47 Å². The molecule has 1 aliphatic rings. The Morgan fingerprint density at radius 3 is 2.60 bits per heavy atom. The molecule has 6 heteroatoms. The molecule has 0 spiro atoms. The second kappa shape index (κ2) is 7.93.